The van der Waals surface area contributed by atoms with Gasteiger partial charge in [0.2, 0.25) is 0 Å². The van der Waals surface area contributed by atoms with E-state index >= 15 is 0 Å². The highest BCUT2D eigenvalue weighted by atomic mass is 16.4. The molecule has 98 valence electrons. The lowest BCUT2D eigenvalue weighted by Crippen LogP contribution is -2.36. The minimum Gasteiger partial charge on any atom is -0.481 e. The Labute approximate surface area is 105 Å². The fraction of sp³-hybridized carbons (Fsp3) is 0.417. The van der Waals surface area contributed by atoms with E-state index in [0.717, 1.165) is 5.56 Å². The van der Waals surface area contributed by atoms with Crippen LogP contribution in [0, 0.1) is 6.92 Å². The normalized spacial score (nSPS) is 11.7. The number of anilines is 1. The third-order valence-corrected chi connectivity index (χ3v) is 2.30. The molecule has 2 amide bonds. The molecule has 0 fully saturated rings. The summed E-state index contributed by atoms with van der Waals surface area (Å²) in [5.74, 6) is -0.869. The summed E-state index contributed by atoms with van der Waals surface area (Å²) < 4.78 is 0. The molecule has 1 unspecified atom stereocenters. The quantitative estimate of drug-likeness (QED) is 0.743. The highest BCUT2D eigenvalue weighted by Crippen LogP contribution is 2.07. The number of pyridine rings is 1. The molecular formula is C12H17N3O3. The number of aliphatic carboxylic acids is 1. The van der Waals surface area contributed by atoms with Crippen LogP contribution in [0.25, 0.3) is 0 Å². The van der Waals surface area contributed by atoms with Crippen LogP contribution in [-0.4, -0.2) is 28.1 Å². The van der Waals surface area contributed by atoms with Crippen molar-refractivity contribution in [3.63, 3.8) is 0 Å². The van der Waals surface area contributed by atoms with Crippen molar-refractivity contribution in [1.82, 2.24) is 10.3 Å². The Morgan fingerprint density at radius 1 is 1.44 bits per heavy atom. The molecule has 0 saturated heterocycles. The van der Waals surface area contributed by atoms with Gasteiger partial charge >= 0.3 is 12.0 Å². The fourth-order valence-electron chi connectivity index (χ4n) is 1.43. The van der Waals surface area contributed by atoms with E-state index in [1.807, 2.05) is 6.92 Å². The third kappa shape index (κ3) is 5.29. The third-order valence-electron chi connectivity index (χ3n) is 2.30. The van der Waals surface area contributed by atoms with E-state index < -0.39 is 5.97 Å². The minimum absolute atomic E-state index is 0.0352. The summed E-state index contributed by atoms with van der Waals surface area (Å²) in [6.45, 7) is 3.64. The van der Waals surface area contributed by atoms with Crippen molar-refractivity contribution in [2.45, 2.75) is 32.7 Å². The van der Waals surface area contributed by atoms with Crippen molar-refractivity contribution in [3.8, 4) is 0 Å². The standard InChI is InChI=1S/C12H17N3O3/c1-8-5-10(7-13-6-8)15-12(18)14-9(2)3-4-11(16)17/h5-7,9H,3-4H2,1-2H3,(H,16,17)(H2,14,15,18). The monoisotopic (exact) mass is 251 g/mol. The van der Waals surface area contributed by atoms with Crippen molar-refractivity contribution >= 4 is 17.7 Å². The van der Waals surface area contributed by atoms with Gasteiger partial charge in [-0.15, -0.1) is 0 Å². The summed E-state index contributed by atoms with van der Waals surface area (Å²) in [7, 11) is 0. The van der Waals surface area contributed by atoms with Crippen molar-refractivity contribution in [1.29, 1.82) is 0 Å². The van der Waals surface area contributed by atoms with Crippen molar-refractivity contribution in [2.24, 2.45) is 0 Å². The van der Waals surface area contributed by atoms with Crippen LogP contribution >= 0.6 is 0 Å². The smallest absolute Gasteiger partial charge is 0.319 e. The summed E-state index contributed by atoms with van der Waals surface area (Å²) in [5.41, 5.74) is 1.56. The number of carboxylic acid groups (broad SMARTS) is 1. The minimum atomic E-state index is -0.869. The number of hydrogen-bond acceptors (Lipinski definition) is 3. The Balaban J connectivity index is 2.39. The second-order valence-electron chi connectivity index (χ2n) is 4.18. The number of urea groups is 1. The molecule has 1 aromatic heterocycles. The van der Waals surface area contributed by atoms with Crippen molar-refractivity contribution < 1.29 is 14.7 Å². The van der Waals surface area contributed by atoms with Gasteiger partial charge in [-0.3, -0.25) is 9.78 Å². The maximum atomic E-state index is 11.6. The molecule has 0 bridgehead atoms. The molecule has 1 rings (SSSR count). The molecular weight excluding hydrogens is 234 g/mol. The Hall–Kier alpha value is -2.11. The molecule has 0 saturated carbocycles. The zero-order valence-electron chi connectivity index (χ0n) is 10.4. The predicted molar refractivity (Wildman–Crippen MR) is 67.5 cm³/mol. The Morgan fingerprint density at radius 2 is 2.17 bits per heavy atom. The molecule has 0 radical (unpaired) electrons. The highest BCUT2D eigenvalue weighted by Gasteiger charge is 2.09. The summed E-state index contributed by atoms with van der Waals surface area (Å²) in [4.78, 5) is 25.9. The number of carbonyl (C=O) groups is 2. The van der Waals surface area contributed by atoms with Gasteiger partial charge in [0.15, 0.2) is 0 Å². The number of hydrogen-bond donors (Lipinski definition) is 3. The van der Waals surface area contributed by atoms with Gasteiger partial charge < -0.3 is 15.7 Å². The molecule has 1 atom stereocenters. The number of nitrogens with one attached hydrogen (secondary N) is 2. The van der Waals surface area contributed by atoms with E-state index in [0.29, 0.717) is 12.1 Å². The highest BCUT2D eigenvalue weighted by molar-refractivity contribution is 5.89. The Bertz CT molecular complexity index is 434. The van der Waals surface area contributed by atoms with Gasteiger partial charge in [0.1, 0.15) is 0 Å². The van der Waals surface area contributed by atoms with Gasteiger partial charge in [-0.25, -0.2) is 4.79 Å². The van der Waals surface area contributed by atoms with Crippen LogP contribution in [0.3, 0.4) is 0 Å². The predicted octanol–water partition coefficient (Wildman–Crippen LogP) is 1.76. The molecule has 3 N–H and O–H groups in total. The maximum Gasteiger partial charge on any atom is 0.319 e. The topological polar surface area (TPSA) is 91.3 Å². The van der Waals surface area contributed by atoms with Crippen molar-refractivity contribution in [3.05, 3.63) is 24.0 Å². The van der Waals surface area contributed by atoms with Gasteiger partial charge in [0.25, 0.3) is 0 Å². The second kappa shape index (κ2) is 6.58. The first-order valence-electron chi connectivity index (χ1n) is 5.68. The van der Waals surface area contributed by atoms with Crippen molar-refractivity contribution in [2.75, 3.05) is 5.32 Å². The zero-order valence-corrected chi connectivity index (χ0v) is 10.4. The first-order valence-corrected chi connectivity index (χ1v) is 5.68. The lowest BCUT2D eigenvalue weighted by molar-refractivity contribution is -0.137. The summed E-state index contributed by atoms with van der Waals surface area (Å²) in [6.07, 6.45) is 3.68. The first kappa shape index (κ1) is 14.0. The second-order valence-corrected chi connectivity index (χ2v) is 4.18. The largest absolute Gasteiger partial charge is 0.481 e. The molecule has 1 heterocycles. The average Bonchev–Trinajstić information content (AvgIpc) is 2.26. The van der Waals surface area contributed by atoms with Crippen LogP contribution in [0.15, 0.2) is 18.5 Å². The lowest BCUT2D eigenvalue weighted by atomic mass is 10.2. The number of carboxylic acids is 1. The summed E-state index contributed by atoms with van der Waals surface area (Å²) in [6, 6.07) is 1.24. The number of nitrogens with zero attached hydrogens (tertiary/aromatic N) is 1. The Morgan fingerprint density at radius 3 is 2.78 bits per heavy atom. The summed E-state index contributed by atoms with van der Waals surface area (Å²) >= 11 is 0. The van der Waals surface area contributed by atoms with Gasteiger partial charge in [0, 0.05) is 18.7 Å². The molecule has 0 aliphatic rings. The average molecular weight is 251 g/mol. The van der Waals surface area contributed by atoms with Crippen LogP contribution in [0.4, 0.5) is 10.5 Å². The van der Waals surface area contributed by atoms with E-state index in [4.69, 9.17) is 5.11 Å². The van der Waals surface area contributed by atoms with Gasteiger partial charge in [-0.05, 0) is 31.9 Å². The number of amides is 2. The maximum absolute atomic E-state index is 11.6. The number of aryl methyl sites for hydroxylation is 1. The van der Waals surface area contributed by atoms with E-state index in [-0.39, 0.29) is 18.5 Å². The van der Waals surface area contributed by atoms with E-state index in [2.05, 4.69) is 15.6 Å². The number of aromatic nitrogens is 1. The van der Waals surface area contributed by atoms with Crippen LogP contribution in [0.1, 0.15) is 25.3 Å². The van der Waals surface area contributed by atoms with Crippen LogP contribution < -0.4 is 10.6 Å². The van der Waals surface area contributed by atoms with Gasteiger partial charge in [-0.1, -0.05) is 0 Å². The van der Waals surface area contributed by atoms with Crippen LogP contribution in [0.5, 0.6) is 0 Å². The molecule has 0 aromatic carbocycles. The Kier molecular flexibility index (Phi) is 5.10. The molecule has 0 spiro atoms. The molecule has 0 aliphatic carbocycles. The fourth-order valence-corrected chi connectivity index (χ4v) is 1.43. The van der Waals surface area contributed by atoms with E-state index in [1.54, 1.807) is 25.4 Å². The SMILES string of the molecule is Cc1cncc(NC(=O)NC(C)CCC(=O)O)c1. The van der Waals surface area contributed by atoms with E-state index in [9.17, 15) is 9.59 Å². The molecule has 6 nitrogen and oxygen atoms in total. The first-order chi connectivity index (χ1) is 8.47. The molecule has 1 aromatic rings. The van der Waals surface area contributed by atoms with E-state index in [1.165, 1.54) is 0 Å². The lowest BCUT2D eigenvalue weighted by Gasteiger charge is -2.13. The van der Waals surface area contributed by atoms with Crippen LogP contribution in [0.2, 0.25) is 0 Å². The van der Waals surface area contributed by atoms with Crippen LogP contribution in [-0.2, 0) is 4.79 Å². The summed E-state index contributed by atoms with van der Waals surface area (Å²) in [5, 5.41) is 13.8. The van der Waals surface area contributed by atoms with Gasteiger partial charge in [0.05, 0.1) is 11.9 Å². The zero-order chi connectivity index (χ0) is 13.5. The van der Waals surface area contributed by atoms with Gasteiger partial charge in [-0.2, -0.15) is 0 Å². The number of rotatable bonds is 5. The number of carbonyl (C=O) groups excluding carboxylic acids is 1. The molecule has 18 heavy (non-hydrogen) atoms. The molecule has 0 aliphatic heterocycles. The molecule has 6 heteroatoms.